The highest BCUT2D eigenvalue weighted by Gasteiger charge is 2.32. The van der Waals surface area contributed by atoms with E-state index in [0.717, 1.165) is 11.1 Å². The molecule has 3 aromatic rings. The Hall–Kier alpha value is -3.12. The van der Waals surface area contributed by atoms with Gasteiger partial charge in [-0.1, -0.05) is 78.4 Å². The average Bonchev–Trinajstić information content (AvgIpc) is 2.82. The van der Waals surface area contributed by atoms with E-state index in [9.17, 15) is 14.0 Å². The Morgan fingerprint density at radius 1 is 0.944 bits per heavy atom. The van der Waals surface area contributed by atoms with Crippen molar-refractivity contribution in [1.82, 2.24) is 10.2 Å². The van der Waals surface area contributed by atoms with Crippen molar-refractivity contribution in [3.8, 4) is 0 Å². The molecule has 3 aromatic carbocycles. The lowest BCUT2D eigenvalue weighted by atomic mass is 10.0. The second kappa shape index (κ2) is 12.7. The molecule has 4 nitrogen and oxygen atoms in total. The Bertz CT molecular complexity index is 1160. The maximum atomic E-state index is 14.6. The standard InChI is InChI=1S/C30H35FN2O2S/c1-22-11-10-14-24(17-22)20-36-21-28(34)33(19-25-15-8-9-16-26(25)31)27(29(35)32-30(2,3)4)18-23-12-6-5-7-13-23/h5-17,27H,18-21H2,1-4H3,(H,32,35)/t27-/m1/s1. The molecule has 0 spiro atoms. The van der Waals surface area contributed by atoms with Gasteiger partial charge in [0.15, 0.2) is 0 Å². The first-order chi connectivity index (χ1) is 17.1. The summed E-state index contributed by atoms with van der Waals surface area (Å²) in [7, 11) is 0. The number of nitrogens with one attached hydrogen (secondary N) is 1. The smallest absolute Gasteiger partial charge is 0.243 e. The van der Waals surface area contributed by atoms with E-state index in [-0.39, 0.29) is 24.1 Å². The first-order valence-corrected chi connectivity index (χ1v) is 13.3. The molecule has 0 aliphatic rings. The number of carbonyl (C=O) groups is 2. The van der Waals surface area contributed by atoms with Crippen LogP contribution in [-0.2, 0) is 28.3 Å². The number of nitrogens with zero attached hydrogens (tertiary/aromatic N) is 1. The van der Waals surface area contributed by atoms with Gasteiger partial charge in [0.25, 0.3) is 0 Å². The Balaban J connectivity index is 1.88. The van der Waals surface area contributed by atoms with Crippen molar-refractivity contribution < 1.29 is 14.0 Å². The quantitative estimate of drug-likeness (QED) is 0.371. The predicted molar refractivity (Wildman–Crippen MR) is 146 cm³/mol. The summed E-state index contributed by atoms with van der Waals surface area (Å²) < 4.78 is 14.6. The average molecular weight is 507 g/mol. The van der Waals surface area contributed by atoms with Crippen LogP contribution in [0.4, 0.5) is 4.39 Å². The topological polar surface area (TPSA) is 49.4 Å². The van der Waals surface area contributed by atoms with Gasteiger partial charge in [0, 0.05) is 29.8 Å². The third kappa shape index (κ3) is 8.52. The zero-order valence-corrected chi connectivity index (χ0v) is 22.3. The van der Waals surface area contributed by atoms with E-state index in [1.165, 1.54) is 28.3 Å². The van der Waals surface area contributed by atoms with Crippen LogP contribution >= 0.6 is 11.8 Å². The number of halogens is 1. The Morgan fingerprint density at radius 2 is 1.61 bits per heavy atom. The third-order valence-electron chi connectivity index (χ3n) is 5.64. The largest absolute Gasteiger partial charge is 0.350 e. The summed E-state index contributed by atoms with van der Waals surface area (Å²) in [5.41, 5.74) is 3.15. The molecule has 0 aliphatic carbocycles. The van der Waals surface area contributed by atoms with Gasteiger partial charge in [-0.2, -0.15) is 0 Å². The second-order valence-corrected chi connectivity index (χ2v) is 11.0. The van der Waals surface area contributed by atoms with Gasteiger partial charge in [-0.05, 0) is 44.9 Å². The van der Waals surface area contributed by atoms with Crippen molar-refractivity contribution >= 4 is 23.6 Å². The van der Waals surface area contributed by atoms with Crippen molar-refractivity contribution in [1.29, 1.82) is 0 Å². The van der Waals surface area contributed by atoms with Crippen LogP contribution in [0, 0.1) is 12.7 Å². The van der Waals surface area contributed by atoms with Crippen molar-refractivity contribution in [2.24, 2.45) is 0 Å². The number of amides is 2. The van der Waals surface area contributed by atoms with Gasteiger partial charge in [0.1, 0.15) is 11.9 Å². The van der Waals surface area contributed by atoms with Crippen molar-refractivity contribution in [2.75, 3.05) is 5.75 Å². The van der Waals surface area contributed by atoms with Gasteiger partial charge in [-0.25, -0.2) is 4.39 Å². The lowest BCUT2D eigenvalue weighted by molar-refractivity contribution is -0.140. The molecule has 0 saturated heterocycles. The highest BCUT2D eigenvalue weighted by molar-refractivity contribution is 7.99. The van der Waals surface area contributed by atoms with Gasteiger partial charge >= 0.3 is 0 Å². The molecule has 2 amide bonds. The molecule has 0 aromatic heterocycles. The maximum absolute atomic E-state index is 14.6. The number of hydrogen-bond donors (Lipinski definition) is 1. The van der Waals surface area contributed by atoms with Crippen LogP contribution in [0.25, 0.3) is 0 Å². The van der Waals surface area contributed by atoms with Crippen LogP contribution in [0.1, 0.15) is 43.0 Å². The molecule has 0 unspecified atom stereocenters. The zero-order chi connectivity index (χ0) is 26.1. The number of thioether (sulfide) groups is 1. The lowest BCUT2D eigenvalue weighted by Crippen LogP contribution is -2.54. The summed E-state index contributed by atoms with van der Waals surface area (Å²) in [6.07, 6.45) is 0.339. The summed E-state index contributed by atoms with van der Waals surface area (Å²) in [6, 6.07) is 23.4. The van der Waals surface area contributed by atoms with E-state index in [4.69, 9.17) is 0 Å². The number of aryl methyl sites for hydroxylation is 1. The second-order valence-electron chi connectivity index (χ2n) is 10.0. The summed E-state index contributed by atoms with van der Waals surface area (Å²) in [4.78, 5) is 28.7. The molecule has 0 aliphatic heterocycles. The summed E-state index contributed by atoms with van der Waals surface area (Å²) in [6.45, 7) is 7.78. The van der Waals surface area contributed by atoms with Crippen LogP contribution in [0.2, 0.25) is 0 Å². The van der Waals surface area contributed by atoms with Gasteiger partial charge < -0.3 is 10.2 Å². The van der Waals surface area contributed by atoms with Crippen molar-refractivity contribution in [3.63, 3.8) is 0 Å². The molecule has 0 saturated carbocycles. The van der Waals surface area contributed by atoms with Gasteiger partial charge in [0.05, 0.1) is 5.75 Å². The van der Waals surface area contributed by atoms with E-state index in [2.05, 4.69) is 11.4 Å². The Morgan fingerprint density at radius 3 is 2.28 bits per heavy atom. The van der Waals surface area contributed by atoms with Crippen LogP contribution in [0.3, 0.4) is 0 Å². The monoisotopic (exact) mass is 506 g/mol. The Labute approximate surface area is 218 Å². The minimum absolute atomic E-state index is 0.0194. The van der Waals surface area contributed by atoms with E-state index in [1.54, 1.807) is 18.2 Å². The van der Waals surface area contributed by atoms with Crippen molar-refractivity contribution in [3.05, 3.63) is 107 Å². The maximum Gasteiger partial charge on any atom is 0.243 e. The number of benzene rings is 3. The van der Waals surface area contributed by atoms with E-state index in [1.807, 2.05) is 76.2 Å². The van der Waals surface area contributed by atoms with Gasteiger partial charge in [-0.3, -0.25) is 9.59 Å². The van der Waals surface area contributed by atoms with Gasteiger partial charge in [-0.15, -0.1) is 11.8 Å². The van der Waals surface area contributed by atoms with Gasteiger partial charge in [0.2, 0.25) is 11.8 Å². The summed E-state index contributed by atoms with van der Waals surface area (Å²) >= 11 is 1.50. The molecular formula is C30H35FN2O2S. The number of carbonyl (C=O) groups excluding carboxylic acids is 2. The summed E-state index contributed by atoms with van der Waals surface area (Å²) in [5.74, 6) is 0.0349. The van der Waals surface area contributed by atoms with Crippen LogP contribution < -0.4 is 5.32 Å². The fourth-order valence-electron chi connectivity index (χ4n) is 3.96. The molecule has 0 bridgehead atoms. The van der Waals surface area contributed by atoms with E-state index in [0.29, 0.717) is 17.7 Å². The van der Waals surface area contributed by atoms with Crippen LogP contribution in [-0.4, -0.2) is 34.0 Å². The molecule has 190 valence electrons. The molecule has 0 heterocycles. The third-order valence-corrected chi connectivity index (χ3v) is 6.63. The fraction of sp³-hybridized carbons (Fsp3) is 0.333. The highest BCUT2D eigenvalue weighted by Crippen LogP contribution is 2.20. The minimum Gasteiger partial charge on any atom is -0.350 e. The van der Waals surface area contributed by atoms with Crippen LogP contribution in [0.15, 0.2) is 78.9 Å². The SMILES string of the molecule is Cc1cccc(CSCC(=O)N(Cc2ccccc2F)[C@H](Cc2ccccc2)C(=O)NC(C)(C)C)c1. The van der Waals surface area contributed by atoms with Crippen molar-refractivity contribution in [2.45, 2.75) is 58.0 Å². The molecule has 36 heavy (non-hydrogen) atoms. The van der Waals surface area contributed by atoms with E-state index >= 15 is 0 Å². The fourth-order valence-corrected chi connectivity index (χ4v) is 4.82. The van der Waals surface area contributed by atoms with Crippen LogP contribution in [0.5, 0.6) is 0 Å². The van der Waals surface area contributed by atoms with E-state index < -0.39 is 17.4 Å². The molecule has 1 atom stereocenters. The predicted octanol–water partition coefficient (Wildman–Crippen LogP) is 5.92. The Kier molecular flexibility index (Phi) is 9.71. The molecule has 6 heteroatoms. The molecular weight excluding hydrogens is 471 g/mol. The molecule has 3 rings (SSSR count). The summed E-state index contributed by atoms with van der Waals surface area (Å²) in [5, 5.41) is 3.03. The highest BCUT2D eigenvalue weighted by atomic mass is 32.2. The zero-order valence-electron chi connectivity index (χ0n) is 21.5. The molecule has 1 N–H and O–H groups in total. The number of hydrogen-bond acceptors (Lipinski definition) is 3. The first-order valence-electron chi connectivity index (χ1n) is 12.1. The number of rotatable bonds is 10. The lowest BCUT2D eigenvalue weighted by Gasteiger charge is -2.34. The normalized spacial score (nSPS) is 12.1. The first kappa shape index (κ1) is 27.5. The minimum atomic E-state index is -0.779. The molecule has 0 radical (unpaired) electrons. The molecule has 0 fully saturated rings.